The van der Waals surface area contributed by atoms with Gasteiger partial charge in [0.2, 0.25) is 0 Å². The van der Waals surface area contributed by atoms with Gasteiger partial charge in [-0.1, -0.05) is 18.2 Å². The quantitative estimate of drug-likeness (QED) is 0.174. The molecule has 39 heavy (non-hydrogen) atoms. The lowest BCUT2D eigenvalue weighted by molar-refractivity contribution is -0.135. The SMILES string of the molecule is COc1ccc(CCOc2cc(C3CC(=O)Oc4c3c(C)cc3oc(=O)c5c(c43)CCC5)ccc2OC)cc1. The highest BCUT2D eigenvalue weighted by Crippen LogP contribution is 2.47. The highest BCUT2D eigenvalue weighted by atomic mass is 16.5. The monoisotopic (exact) mass is 526 g/mol. The third-order valence-corrected chi connectivity index (χ3v) is 7.79. The van der Waals surface area contributed by atoms with Crippen LogP contribution >= 0.6 is 0 Å². The molecule has 3 aromatic carbocycles. The summed E-state index contributed by atoms with van der Waals surface area (Å²) in [6, 6.07) is 15.6. The standard InChI is InChI=1S/C32H30O7/c1-18-15-27-30(22-5-4-6-23(22)32(34)38-27)31-29(18)24(17-28(33)39-31)20-9-12-25(36-3)26(16-20)37-14-13-19-7-10-21(35-2)11-8-19/h7-12,15-16,24H,4-6,13-14,17H2,1-3H3. The number of hydrogen-bond acceptors (Lipinski definition) is 7. The van der Waals surface area contributed by atoms with E-state index in [9.17, 15) is 9.59 Å². The number of carbonyl (C=O) groups excluding carboxylic acids is 1. The second-order valence-corrected chi connectivity index (χ2v) is 10.1. The van der Waals surface area contributed by atoms with E-state index in [2.05, 4.69) is 0 Å². The van der Waals surface area contributed by atoms with Gasteiger partial charge < -0.3 is 23.4 Å². The van der Waals surface area contributed by atoms with Gasteiger partial charge in [-0.05, 0) is 78.8 Å². The Morgan fingerprint density at radius 3 is 2.49 bits per heavy atom. The summed E-state index contributed by atoms with van der Waals surface area (Å²) >= 11 is 0. The number of rotatable bonds is 7. The fourth-order valence-corrected chi connectivity index (χ4v) is 5.89. The molecule has 1 aromatic heterocycles. The van der Waals surface area contributed by atoms with Crippen molar-refractivity contribution in [1.82, 2.24) is 0 Å². The third-order valence-electron chi connectivity index (χ3n) is 7.79. The minimum absolute atomic E-state index is 0.204. The Morgan fingerprint density at radius 2 is 1.72 bits per heavy atom. The molecular formula is C32H30O7. The second-order valence-electron chi connectivity index (χ2n) is 10.1. The van der Waals surface area contributed by atoms with Gasteiger partial charge in [-0.3, -0.25) is 4.79 Å². The molecule has 0 saturated carbocycles. The predicted octanol–water partition coefficient (Wildman–Crippen LogP) is 5.67. The summed E-state index contributed by atoms with van der Waals surface area (Å²) in [6.07, 6.45) is 3.26. The third kappa shape index (κ3) is 4.52. The lowest BCUT2D eigenvalue weighted by Gasteiger charge is -2.28. The largest absolute Gasteiger partial charge is 0.497 e. The van der Waals surface area contributed by atoms with Crippen LogP contribution in [0.15, 0.2) is 57.7 Å². The van der Waals surface area contributed by atoms with Gasteiger partial charge in [-0.25, -0.2) is 4.79 Å². The molecule has 1 unspecified atom stereocenters. The zero-order valence-electron chi connectivity index (χ0n) is 22.3. The van der Waals surface area contributed by atoms with E-state index in [1.54, 1.807) is 14.2 Å². The number of methoxy groups -OCH3 is 2. The number of aryl methyl sites for hydroxylation is 2. The molecule has 1 aliphatic heterocycles. The number of fused-ring (bicyclic) bond motifs is 5. The molecule has 2 heterocycles. The molecule has 7 nitrogen and oxygen atoms in total. The second kappa shape index (κ2) is 10.1. The zero-order valence-corrected chi connectivity index (χ0v) is 22.3. The lowest BCUT2D eigenvalue weighted by atomic mass is 9.82. The topological polar surface area (TPSA) is 84.2 Å². The molecule has 0 bridgehead atoms. The molecule has 0 saturated heterocycles. The molecule has 7 heteroatoms. The molecule has 1 atom stereocenters. The van der Waals surface area contributed by atoms with Gasteiger partial charge in [0.25, 0.3) is 0 Å². The molecule has 1 aliphatic carbocycles. The van der Waals surface area contributed by atoms with Gasteiger partial charge in [0.15, 0.2) is 11.5 Å². The number of carbonyl (C=O) groups is 1. The van der Waals surface area contributed by atoms with E-state index in [4.69, 9.17) is 23.4 Å². The summed E-state index contributed by atoms with van der Waals surface area (Å²) in [5.74, 6) is 2.04. The maximum atomic E-state index is 12.9. The minimum atomic E-state index is -0.310. The van der Waals surface area contributed by atoms with E-state index in [0.717, 1.165) is 58.2 Å². The van der Waals surface area contributed by atoms with Gasteiger partial charge in [-0.2, -0.15) is 0 Å². The molecule has 0 N–H and O–H groups in total. The van der Waals surface area contributed by atoms with E-state index in [1.807, 2.05) is 55.5 Å². The van der Waals surface area contributed by atoms with E-state index in [0.29, 0.717) is 41.4 Å². The first-order chi connectivity index (χ1) is 19.0. The number of hydrogen-bond donors (Lipinski definition) is 0. The van der Waals surface area contributed by atoms with E-state index in [1.165, 1.54) is 0 Å². The number of ether oxygens (including phenoxy) is 4. The van der Waals surface area contributed by atoms with Crippen LogP contribution in [0, 0.1) is 6.92 Å². The van der Waals surface area contributed by atoms with Crippen LogP contribution in [0.2, 0.25) is 0 Å². The normalized spacial score (nSPS) is 16.0. The van der Waals surface area contributed by atoms with E-state index in [-0.39, 0.29) is 23.9 Å². The molecule has 0 spiro atoms. The Morgan fingerprint density at radius 1 is 0.923 bits per heavy atom. The van der Waals surface area contributed by atoms with Crippen LogP contribution in [-0.4, -0.2) is 26.8 Å². The Kier molecular flexibility index (Phi) is 6.51. The number of esters is 1. The Balaban J connectivity index is 1.36. The molecule has 0 radical (unpaired) electrons. The fraction of sp³-hybridized carbons (Fsp3) is 0.312. The van der Waals surface area contributed by atoms with Crippen molar-refractivity contribution < 1.29 is 28.2 Å². The van der Waals surface area contributed by atoms with Crippen molar-refractivity contribution >= 4 is 16.9 Å². The molecule has 0 fully saturated rings. The summed E-state index contributed by atoms with van der Waals surface area (Å²) in [7, 11) is 3.26. The number of benzene rings is 3. The maximum absolute atomic E-state index is 12.9. The molecule has 2 aliphatic rings. The average molecular weight is 527 g/mol. The summed E-state index contributed by atoms with van der Waals surface area (Å²) in [6.45, 7) is 2.43. The van der Waals surface area contributed by atoms with Crippen molar-refractivity contribution in [3.05, 3.63) is 92.3 Å². The summed E-state index contributed by atoms with van der Waals surface area (Å²) in [5.41, 5.74) is 5.75. The van der Waals surface area contributed by atoms with Crippen molar-refractivity contribution in [2.45, 2.75) is 44.9 Å². The average Bonchev–Trinajstić information content (AvgIpc) is 3.43. The Labute approximate surface area is 226 Å². The first kappa shape index (κ1) is 25.0. The smallest absolute Gasteiger partial charge is 0.339 e. The molecule has 6 rings (SSSR count). The summed E-state index contributed by atoms with van der Waals surface area (Å²) in [5, 5.41) is 0.755. The van der Waals surface area contributed by atoms with Crippen molar-refractivity contribution in [2.24, 2.45) is 0 Å². The molecular weight excluding hydrogens is 496 g/mol. The van der Waals surface area contributed by atoms with Crippen LogP contribution in [0.25, 0.3) is 11.0 Å². The summed E-state index contributed by atoms with van der Waals surface area (Å²) in [4.78, 5) is 25.5. The highest BCUT2D eigenvalue weighted by molar-refractivity contribution is 5.95. The van der Waals surface area contributed by atoms with E-state index < -0.39 is 0 Å². The molecule has 4 aromatic rings. The Hall–Kier alpha value is -4.26. The van der Waals surface area contributed by atoms with Gasteiger partial charge >= 0.3 is 11.6 Å². The van der Waals surface area contributed by atoms with Gasteiger partial charge in [0.05, 0.1) is 32.6 Å². The molecule has 200 valence electrons. The summed E-state index contributed by atoms with van der Waals surface area (Å²) < 4.78 is 28.6. The van der Waals surface area contributed by atoms with Gasteiger partial charge in [0.1, 0.15) is 17.1 Å². The lowest BCUT2D eigenvalue weighted by Crippen LogP contribution is -2.23. The van der Waals surface area contributed by atoms with Crippen molar-refractivity contribution in [3.63, 3.8) is 0 Å². The maximum Gasteiger partial charge on any atom is 0.339 e. The van der Waals surface area contributed by atoms with Crippen molar-refractivity contribution in [1.29, 1.82) is 0 Å². The van der Waals surface area contributed by atoms with Crippen LogP contribution in [0.4, 0.5) is 0 Å². The van der Waals surface area contributed by atoms with Crippen LogP contribution < -0.4 is 24.6 Å². The first-order valence-electron chi connectivity index (χ1n) is 13.2. The minimum Gasteiger partial charge on any atom is -0.497 e. The van der Waals surface area contributed by atoms with Gasteiger partial charge in [0, 0.05) is 23.5 Å². The predicted molar refractivity (Wildman–Crippen MR) is 147 cm³/mol. The van der Waals surface area contributed by atoms with Gasteiger partial charge in [-0.15, -0.1) is 0 Å². The highest BCUT2D eigenvalue weighted by Gasteiger charge is 2.34. The van der Waals surface area contributed by atoms with Crippen LogP contribution in [0.1, 0.15) is 52.1 Å². The zero-order chi connectivity index (χ0) is 27.1. The van der Waals surface area contributed by atoms with Crippen molar-refractivity contribution in [2.75, 3.05) is 20.8 Å². The first-order valence-corrected chi connectivity index (χ1v) is 13.2. The van der Waals surface area contributed by atoms with E-state index >= 15 is 0 Å². The van der Waals surface area contributed by atoms with Crippen molar-refractivity contribution in [3.8, 4) is 23.0 Å². The van der Waals surface area contributed by atoms with Crippen LogP contribution in [0.3, 0.4) is 0 Å². The Bertz CT molecular complexity index is 1630. The molecule has 0 amide bonds. The van der Waals surface area contributed by atoms with Crippen LogP contribution in [-0.2, 0) is 24.1 Å². The fourth-order valence-electron chi connectivity index (χ4n) is 5.89. The van der Waals surface area contributed by atoms with Crippen LogP contribution in [0.5, 0.6) is 23.0 Å².